The number of aromatic hydroxyl groups is 7. The van der Waals surface area contributed by atoms with Crippen molar-refractivity contribution < 1.29 is 88.1 Å². The minimum Gasteiger partial charge on any atom is -0.504 e. The van der Waals surface area contributed by atoms with Gasteiger partial charge in [-0.1, -0.05) is 116 Å². The number of nitrogens with zero attached hydrogens (tertiary/aromatic N) is 4. The Balaban J connectivity index is 0.000000840. The summed E-state index contributed by atoms with van der Waals surface area (Å²) < 4.78 is 38.1. The second-order valence-electron chi connectivity index (χ2n) is 32.5. The number of hydrogen-bond donors (Lipinski definition) is 7. The molecule has 7 N–H and O–H groups in total. The van der Waals surface area contributed by atoms with Crippen LogP contribution in [0.2, 0.25) is 0 Å². The standard InChI is InChI=1S/C36H54N4O6.C22H30O4.C19H24O4.C18H22O4.4ClH/c1-25(15-27-11-13-29(19-31(41)21-37(3)4)33(17-27)45-35(43)23-39(7)8)26(2)16-28-12-14-30(20-32(42)22-38(5)6)34(18-28)46-36(44)24-40(9)10;1-15(11-17-7-9-19(23-3)21(13-17)25-5)16(2)12-18-8-10-20(24-4)22(14-18)26-6;1-12(8-14-4-6-16(20)18(22)10-14)13(2)9-15-5-7-17(21)19(11-15)23-3;1-11(7-13-3-5-15(19)17(21)9-13)12(2)8-14-4-6-16(20)18(22)10-14;;;;/h11-14,17-18,25-26H,15-16,19-24H2,1-10H3;7-10,13-16H,11-12H2,1-6H3;4-7,10-13,20-22H,8-9H2,1-3H3;3-6,9-12,19-22H,7-8H2,1-2H3;4*1H/t25-,26+;15-,16+;12-,13+;11-,12+;;;;/m..1...../s1. The zero-order valence-electron chi connectivity index (χ0n) is 74.4. The van der Waals surface area contributed by atoms with Gasteiger partial charge in [-0.3, -0.25) is 29.0 Å². The van der Waals surface area contributed by atoms with Gasteiger partial charge < -0.3 is 78.7 Å². The number of rotatable bonds is 39. The van der Waals surface area contributed by atoms with Gasteiger partial charge in [-0.25, -0.2) is 0 Å². The maximum atomic E-state index is 12.6. The van der Waals surface area contributed by atoms with Gasteiger partial charge in [0.25, 0.3) is 0 Å². The predicted molar refractivity (Wildman–Crippen MR) is 491 cm³/mol. The van der Waals surface area contributed by atoms with E-state index in [0.717, 1.165) is 108 Å². The van der Waals surface area contributed by atoms with Gasteiger partial charge >= 0.3 is 11.9 Å². The highest BCUT2D eigenvalue weighted by Crippen LogP contribution is 2.37. The Hall–Kier alpha value is -9.36. The third kappa shape index (κ3) is 38.3. The van der Waals surface area contributed by atoms with E-state index in [0.29, 0.717) is 77.0 Å². The van der Waals surface area contributed by atoms with Crippen LogP contribution in [0.25, 0.3) is 0 Å². The van der Waals surface area contributed by atoms with Crippen LogP contribution in [0, 0.1) is 47.3 Å². The first-order valence-electron chi connectivity index (χ1n) is 39.9. The highest BCUT2D eigenvalue weighted by Gasteiger charge is 2.24. The van der Waals surface area contributed by atoms with Crippen molar-refractivity contribution in [1.82, 2.24) is 19.6 Å². The molecule has 0 fully saturated rings. The van der Waals surface area contributed by atoms with Crippen molar-refractivity contribution in [3.05, 3.63) is 201 Å². The van der Waals surface area contributed by atoms with E-state index >= 15 is 0 Å². The lowest BCUT2D eigenvalue weighted by atomic mass is 9.85. The van der Waals surface area contributed by atoms with Gasteiger partial charge in [0.05, 0.1) is 61.7 Å². The summed E-state index contributed by atoms with van der Waals surface area (Å²) in [4.78, 5) is 57.4. The van der Waals surface area contributed by atoms with Gasteiger partial charge in [-0.05, 0) is 285 Å². The van der Waals surface area contributed by atoms with Crippen LogP contribution in [0.1, 0.15) is 111 Å². The number of likely N-dealkylation sites (N-methyl/N-ethyl adjacent to an activating group) is 4. The lowest BCUT2D eigenvalue weighted by Gasteiger charge is -2.22. The zero-order valence-corrected chi connectivity index (χ0v) is 77.7. The number of ether oxygens (including phenoxy) is 7. The molecule has 22 nitrogen and oxygen atoms in total. The number of ketones is 2. The molecule has 0 amide bonds. The second-order valence-corrected chi connectivity index (χ2v) is 32.5. The zero-order chi connectivity index (χ0) is 86.9. The van der Waals surface area contributed by atoms with Crippen LogP contribution in [0.15, 0.2) is 146 Å². The number of benzene rings is 8. The second kappa shape index (κ2) is 54.9. The number of hydrogen-bond acceptors (Lipinski definition) is 22. The molecule has 8 atom stereocenters. The number of halogens is 4. The van der Waals surface area contributed by atoms with E-state index in [1.54, 1.807) is 97.8 Å². The average molecular weight is 1760 g/mol. The van der Waals surface area contributed by atoms with Gasteiger partial charge in [0, 0.05) is 24.0 Å². The highest BCUT2D eigenvalue weighted by atomic mass is 35.5. The first-order chi connectivity index (χ1) is 55.3. The highest BCUT2D eigenvalue weighted by molar-refractivity contribution is 5.86. The molecule has 0 aliphatic heterocycles. The van der Waals surface area contributed by atoms with Crippen molar-refractivity contribution in [3.8, 4) is 80.5 Å². The topological polar surface area (TPSA) is 287 Å². The molecule has 8 aromatic carbocycles. The molecule has 0 saturated heterocycles. The molecule has 0 aromatic heterocycles. The molecule has 121 heavy (non-hydrogen) atoms. The summed E-state index contributed by atoms with van der Waals surface area (Å²) in [7, 11) is 22.8. The molecule has 8 aromatic rings. The van der Waals surface area contributed by atoms with Gasteiger partial charge in [0.2, 0.25) is 0 Å². The first kappa shape index (κ1) is 110. The molecule has 8 rings (SSSR count). The van der Waals surface area contributed by atoms with Gasteiger partial charge in [0.1, 0.15) is 11.5 Å². The summed E-state index contributed by atoms with van der Waals surface area (Å²) in [6, 6.07) is 44.1. The summed E-state index contributed by atoms with van der Waals surface area (Å²) in [5.41, 5.74) is 10.0. The molecule has 26 heteroatoms. The molecule has 0 spiro atoms. The normalized spacial score (nSPS) is 12.8. The van der Waals surface area contributed by atoms with E-state index in [9.17, 15) is 54.9 Å². The summed E-state index contributed by atoms with van der Waals surface area (Å²) in [5.74, 6) is 6.47. The minimum atomic E-state index is -0.376. The number of phenolic OH excluding ortho intramolecular Hbond substituents is 7. The Labute approximate surface area is 743 Å². The minimum absolute atomic E-state index is 0. The molecule has 670 valence electrons. The number of methoxy groups -OCH3 is 5. The van der Waals surface area contributed by atoms with Crippen LogP contribution in [0.4, 0.5) is 0 Å². The fourth-order valence-electron chi connectivity index (χ4n) is 13.5. The molecule has 0 bridgehead atoms. The molecule has 0 aliphatic rings. The van der Waals surface area contributed by atoms with Crippen molar-refractivity contribution in [2.24, 2.45) is 47.3 Å². The Morgan fingerprint density at radius 2 is 0.463 bits per heavy atom. The van der Waals surface area contributed by atoms with E-state index in [1.807, 2.05) is 117 Å². The van der Waals surface area contributed by atoms with E-state index < -0.39 is 0 Å². The number of Topliss-reactive ketones (excluding diaryl/α,β-unsaturated/α-hetero) is 2. The van der Waals surface area contributed by atoms with Crippen LogP contribution >= 0.6 is 49.6 Å². The van der Waals surface area contributed by atoms with Gasteiger partial charge in [-0.2, -0.15) is 0 Å². The Morgan fingerprint density at radius 1 is 0.256 bits per heavy atom. The predicted octanol–water partition coefficient (Wildman–Crippen LogP) is 16.9. The lowest BCUT2D eigenvalue weighted by molar-refractivity contribution is -0.136. The van der Waals surface area contributed by atoms with E-state index in [4.69, 9.17) is 33.2 Å². The van der Waals surface area contributed by atoms with Crippen molar-refractivity contribution in [2.75, 3.05) is 118 Å². The van der Waals surface area contributed by atoms with Crippen molar-refractivity contribution in [2.45, 2.75) is 120 Å². The first-order valence-corrected chi connectivity index (χ1v) is 39.9. The Kier molecular flexibility index (Phi) is 49.8. The molecular weight excluding hydrogens is 1630 g/mol. The largest absolute Gasteiger partial charge is 0.504 e. The molecule has 0 saturated carbocycles. The van der Waals surface area contributed by atoms with Crippen LogP contribution in [0.3, 0.4) is 0 Å². The van der Waals surface area contributed by atoms with E-state index in [-0.39, 0.29) is 151 Å². The molecular formula is C95H134Cl4N4O18. The van der Waals surface area contributed by atoms with Crippen LogP contribution in [-0.4, -0.2) is 197 Å². The van der Waals surface area contributed by atoms with Crippen LogP contribution < -0.4 is 33.2 Å². The third-order valence-electron chi connectivity index (χ3n) is 21.0. The van der Waals surface area contributed by atoms with Crippen molar-refractivity contribution >= 4 is 73.1 Å². The number of carbonyl (C=O) groups excluding carboxylic acids is 4. The Morgan fingerprint density at radius 3 is 0.694 bits per heavy atom. The summed E-state index contributed by atoms with van der Waals surface area (Å²) in [6.07, 6.45) is 7.13. The summed E-state index contributed by atoms with van der Waals surface area (Å²) in [6.45, 7) is 18.5. The quantitative estimate of drug-likeness (QED) is 0.0107. The fraction of sp³-hybridized carbons (Fsp3) is 0.453. The lowest BCUT2D eigenvalue weighted by Crippen LogP contribution is -2.26. The SMILES string of the molecule is COc1cc(C[C@H](C)[C@H](C)Cc2ccc(O)c(O)c2)ccc1O.COc1ccc(C[C@@H](C)[C@@H](C)Cc2ccc(OC)c(OC)c2)cc1OC.C[C@H](Cc1ccc(CC(=O)CN(C)C)c(OC(=O)CN(C)C)c1)[C@@H](C)Cc1ccc(CC(=O)CN(C)C)c(OC(=O)CN(C)C)c1.C[C@H](Cc1ccc(O)c(O)c1)[C@@H](C)Cc1ccc(O)c(O)c1.Cl.Cl.Cl.Cl. The molecule has 0 heterocycles. The van der Waals surface area contributed by atoms with Gasteiger partial charge in [0.15, 0.2) is 80.6 Å². The van der Waals surface area contributed by atoms with Crippen molar-refractivity contribution in [1.29, 1.82) is 0 Å². The summed E-state index contributed by atoms with van der Waals surface area (Å²) in [5, 5.41) is 66.4. The van der Waals surface area contributed by atoms with E-state index in [2.05, 4.69) is 79.7 Å². The third-order valence-corrected chi connectivity index (χ3v) is 21.0. The van der Waals surface area contributed by atoms with E-state index in [1.165, 1.54) is 29.3 Å². The average Bonchev–Trinajstić information content (AvgIpc) is 0.906. The number of carbonyl (C=O) groups is 4. The number of phenols is 7. The van der Waals surface area contributed by atoms with Crippen LogP contribution in [-0.2, 0) is 83.4 Å². The number of esters is 2. The maximum Gasteiger partial charge on any atom is 0.325 e. The smallest absolute Gasteiger partial charge is 0.325 e. The molecule has 0 radical (unpaired) electrons. The molecule has 0 unspecified atom stereocenters. The summed E-state index contributed by atoms with van der Waals surface area (Å²) >= 11 is 0. The monoisotopic (exact) mass is 1760 g/mol. The van der Waals surface area contributed by atoms with Gasteiger partial charge in [-0.15, -0.1) is 49.6 Å². The molecule has 0 aliphatic carbocycles. The maximum absolute atomic E-state index is 12.6. The van der Waals surface area contributed by atoms with Crippen molar-refractivity contribution in [3.63, 3.8) is 0 Å². The fourth-order valence-corrected chi connectivity index (χ4v) is 13.5. The Bertz CT molecular complexity index is 4270. The van der Waals surface area contributed by atoms with Crippen LogP contribution in [0.5, 0.6) is 80.5 Å².